The second-order valence-electron chi connectivity index (χ2n) is 11.2. The second-order valence-corrected chi connectivity index (χ2v) is 11.2. The van der Waals surface area contributed by atoms with Crippen molar-refractivity contribution < 1.29 is 19.0 Å². The van der Waals surface area contributed by atoms with E-state index in [0.29, 0.717) is 11.7 Å². The zero-order valence-electron chi connectivity index (χ0n) is 20.5. The SMILES string of the molecule is CC(C)Oc1cc(F)cc(-c2ccc3c(c2)CC(C)(C)[C@H]3N(C(=O)[O-])[C@@H]2CN3CCC2CC3)c1. The summed E-state index contributed by atoms with van der Waals surface area (Å²) in [6.45, 7) is 11.0. The van der Waals surface area contributed by atoms with Crippen molar-refractivity contribution in [3.8, 4) is 16.9 Å². The molecule has 2 aromatic rings. The Balaban J connectivity index is 1.51. The van der Waals surface area contributed by atoms with Crippen molar-refractivity contribution >= 4 is 6.09 Å². The smallest absolute Gasteiger partial charge is 0.137 e. The Morgan fingerprint density at radius 3 is 2.50 bits per heavy atom. The molecule has 0 saturated carbocycles. The van der Waals surface area contributed by atoms with Gasteiger partial charge in [-0.2, -0.15) is 0 Å². The Kier molecular flexibility index (Phi) is 5.83. The largest absolute Gasteiger partial charge is 0.530 e. The molecule has 3 fully saturated rings. The Morgan fingerprint density at radius 1 is 1.15 bits per heavy atom. The highest BCUT2D eigenvalue weighted by atomic mass is 19.1. The highest BCUT2D eigenvalue weighted by molar-refractivity contribution is 5.69. The van der Waals surface area contributed by atoms with Crippen LogP contribution in [0.5, 0.6) is 5.75 Å². The summed E-state index contributed by atoms with van der Waals surface area (Å²) >= 11 is 0. The molecule has 5 nitrogen and oxygen atoms in total. The van der Waals surface area contributed by atoms with Crippen molar-refractivity contribution in [1.29, 1.82) is 0 Å². The number of carboxylic acid groups (broad SMARTS) is 1. The van der Waals surface area contributed by atoms with Crippen LogP contribution < -0.4 is 9.84 Å². The van der Waals surface area contributed by atoms with Crippen molar-refractivity contribution in [2.75, 3.05) is 19.6 Å². The molecule has 6 heteroatoms. The molecule has 0 N–H and O–H groups in total. The summed E-state index contributed by atoms with van der Waals surface area (Å²) in [7, 11) is 0. The summed E-state index contributed by atoms with van der Waals surface area (Å²) in [6.07, 6.45) is 1.74. The van der Waals surface area contributed by atoms with E-state index >= 15 is 0 Å². The van der Waals surface area contributed by atoms with Gasteiger partial charge in [0.05, 0.1) is 12.1 Å². The van der Waals surface area contributed by atoms with Crippen LogP contribution in [0, 0.1) is 17.2 Å². The van der Waals surface area contributed by atoms with E-state index in [2.05, 4.69) is 24.8 Å². The zero-order chi connectivity index (χ0) is 24.2. The summed E-state index contributed by atoms with van der Waals surface area (Å²) in [5.74, 6) is 0.570. The monoisotopic (exact) mass is 465 g/mol. The van der Waals surface area contributed by atoms with E-state index in [4.69, 9.17) is 4.74 Å². The van der Waals surface area contributed by atoms with E-state index in [1.54, 1.807) is 4.90 Å². The van der Waals surface area contributed by atoms with Gasteiger partial charge in [0.25, 0.3) is 0 Å². The molecule has 1 amide bonds. The fraction of sp³-hybridized carbons (Fsp3) is 0.536. The molecule has 2 bridgehead atoms. The quantitative estimate of drug-likeness (QED) is 0.645. The topological polar surface area (TPSA) is 55.8 Å². The van der Waals surface area contributed by atoms with Crippen molar-refractivity contribution in [2.45, 2.75) is 65.1 Å². The number of fused-ring (bicyclic) bond motifs is 4. The maximum atomic E-state index is 14.3. The Hall–Kier alpha value is -2.60. The third-order valence-corrected chi connectivity index (χ3v) is 7.87. The van der Waals surface area contributed by atoms with Crippen LogP contribution in [-0.4, -0.2) is 47.7 Å². The van der Waals surface area contributed by atoms with Crippen LogP contribution in [0.3, 0.4) is 0 Å². The van der Waals surface area contributed by atoms with Crippen LogP contribution >= 0.6 is 0 Å². The fourth-order valence-electron chi connectivity index (χ4n) is 6.49. The van der Waals surface area contributed by atoms with Crippen molar-refractivity contribution in [3.05, 3.63) is 53.3 Å². The predicted octanol–water partition coefficient (Wildman–Crippen LogP) is 4.64. The van der Waals surface area contributed by atoms with E-state index in [1.165, 1.54) is 12.1 Å². The summed E-state index contributed by atoms with van der Waals surface area (Å²) in [4.78, 5) is 16.6. The van der Waals surface area contributed by atoms with Gasteiger partial charge in [-0.1, -0.05) is 32.0 Å². The molecule has 34 heavy (non-hydrogen) atoms. The van der Waals surface area contributed by atoms with Gasteiger partial charge in [0.15, 0.2) is 0 Å². The van der Waals surface area contributed by atoms with E-state index in [-0.39, 0.29) is 29.4 Å². The summed E-state index contributed by atoms with van der Waals surface area (Å²) in [5.41, 5.74) is 3.57. The van der Waals surface area contributed by atoms with Gasteiger partial charge in [-0.15, -0.1) is 0 Å². The number of piperidine rings is 3. The van der Waals surface area contributed by atoms with Crippen LogP contribution in [0.15, 0.2) is 36.4 Å². The summed E-state index contributed by atoms with van der Waals surface area (Å²) in [6, 6.07) is 10.6. The van der Waals surface area contributed by atoms with Gasteiger partial charge in [-0.05, 0) is 91.9 Å². The molecule has 0 radical (unpaired) electrons. The molecule has 1 aliphatic carbocycles. The van der Waals surface area contributed by atoms with Crippen LogP contribution in [0.2, 0.25) is 0 Å². The molecule has 2 atom stereocenters. The first kappa shape index (κ1) is 23.2. The van der Waals surface area contributed by atoms with Crippen LogP contribution in [0.25, 0.3) is 11.1 Å². The highest BCUT2D eigenvalue weighted by Gasteiger charge is 2.48. The number of hydrogen-bond acceptors (Lipinski definition) is 4. The van der Waals surface area contributed by atoms with Gasteiger partial charge < -0.3 is 24.4 Å². The third kappa shape index (κ3) is 4.17. The minimum Gasteiger partial charge on any atom is -0.530 e. The molecule has 2 aromatic carbocycles. The number of rotatable bonds is 5. The van der Waals surface area contributed by atoms with Crippen molar-refractivity contribution in [3.63, 3.8) is 0 Å². The standard InChI is InChI=1S/C28H35FN2O3/c1-17(2)34-23-13-20(12-22(29)14-23)19-5-6-24-21(11-19)15-28(3,4)26(24)31(27(32)33)25-16-30-9-7-18(25)8-10-30/h5-6,11-14,17-18,25-26H,7-10,15-16H2,1-4H3,(H,32,33)/p-1/t25-,26+/m1/s1. The molecular weight excluding hydrogens is 431 g/mol. The average molecular weight is 466 g/mol. The molecule has 6 rings (SSSR count). The van der Waals surface area contributed by atoms with E-state index in [1.807, 2.05) is 32.0 Å². The minimum absolute atomic E-state index is 0.0265. The zero-order valence-corrected chi connectivity index (χ0v) is 20.5. The van der Waals surface area contributed by atoms with E-state index in [9.17, 15) is 14.3 Å². The first-order valence-corrected chi connectivity index (χ1v) is 12.4. The highest BCUT2D eigenvalue weighted by Crippen LogP contribution is 2.51. The van der Waals surface area contributed by atoms with Crippen LogP contribution in [0.4, 0.5) is 9.18 Å². The number of carbonyl (C=O) groups excluding carboxylic acids is 1. The third-order valence-electron chi connectivity index (χ3n) is 7.87. The number of benzene rings is 2. The minimum atomic E-state index is -1.07. The van der Waals surface area contributed by atoms with E-state index in [0.717, 1.165) is 61.2 Å². The van der Waals surface area contributed by atoms with Crippen LogP contribution in [0.1, 0.15) is 57.7 Å². The lowest BCUT2D eigenvalue weighted by Gasteiger charge is -2.53. The van der Waals surface area contributed by atoms with Crippen LogP contribution in [-0.2, 0) is 6.42 Å². The lowest BCUT2D eigenvalue weighted by Crippen LogP contribution is -2.62. The lowest BCUT2D eigenvalue weighted by atomic mass is 9.79. The van der Waals surface area contributed by atoms with Crippen molar-refractivity contribution in [1.82, 2.24) is 9.80 Å². The fourth-order valence-corrected chi connectivity index (χ4v) is 6.49. The number of amides is 1. The van der Waals surface area contributed by atoms with Gasteiger partial charge in [0.1, 0.15) is 17.7 Å². The molecule has 182 valence electrons. The predicted molar refractivity (Wildman–Crippen MR) is 128 cm³/mol. The maximum Gasteiger partial charge on any atom is 0.137 e. The van der Waals surface area contributed by atoms with Gasteiger partial charge in [-0.3, -0.25) is 0 Å². The molecule has 4 aliphatic rings. The number of hydrogen-bond donors (Lipinski definition) is 0. The summed E-state index contributed by atoms with van der Waals surface area (Å²) < 4.78 is 20.1. The second kappa shape index (κ2) is 8.56. The van der Waals surface area contributed by atoms with Gasteiger partial charge in [-0.25, -0.2) is 4.39 Å². The van der Waals surface area contributed by atoms with Gasteiger partial charge in [0.2, 0.25) is 0 Å². The maximum absolute atomic E-state index is 14.3. The Morgan fingerprint density at radius 2 is 1.88 bits per heavy atom. The lowest BCUT2D eigenvalue weighted by molar-refractivity contribution is -0.276. The number of halogens is 1. The van der Waals surface area contributed by atoms with E-state index < -0.39 is 6.09 Å². The Labute approximate surface area is 201 Å². The van der Waals surface area contributed by atoms with Crippen molar-refractivity contribution in [2.24, 2.45) is 11.3 Å². The molecule has 3 heterocycles. The normalized spacial score (nSPS) is 27.0. The molecule has 3 aliphatic heterocycles. The molecule has 0 spiro atoms. The number of nitrogens with zero attached hydrogens (tertiary/aromatic N) is 2. The average Bonchev–Trinajstić information content (AvgIpc) is 3.03. The summed E-state index contributed by atoms with van der Waals surface area (Å²) in [5, 5.41) is 12.6. The first-order chi connectivity index (χ1) is 16.1. The molecule has 0 aromatic heterocycles. The molecular formula is C28H34FN2O3-. The van der Waals surface area contributed by atoms with Gasteiger partial charge in [0, 0.05) is 18.7 Å². The molecule has 3 saturated heterocycles. The number of carbonyl (C=O) groups is 1. The first-order valence-electron chi connectivity index (χ1n) is 12.4. The Bertz CT molecular complexity index is 1090. The molecule has 0 unspecified atom stereocenters. The van der Waals surface area contributed by atoms with Gasteiger partial charge >= 0.3 is 0 Å². The number of ether oxygens (including phenoxy) is 1.